The summed E-state index contributed by atoms with van der Waals surface area (Å²) in [5.74, 6) is -0.402. The number of anilines is 1. The lowest BCUT2D eigenvalue weighted by Gasteiger charge is -2.20. The summed E-state index contributed by atoms with van der Waals surface area (Å²) in [6.07, 6.45) is 3.02. The van der Waals surface area contributed by atoms with E-state index in [9.17, 15) is 9.18 Å². The minimum absolute atomic E-state index is 0.0666. The average Bonchev–Trinajstić information content (AvgIpc) is 2.64. The average molecular weight is 357 g/mol. The lowest BCUT2D eigenvalue weighted by atomic mass is 10.1. The molecule has 1 aliphatic rings. The summed E-state index contributed by atoms with van der Waals surface area (Å²) in [5, 5.41) is 0. The van der Waals surface area contributed by atoms with E-state index in [1.165, 1.54) is 18.2 Å². The second-order valence-corrected chi connectivity index (χ2v) is 6.09. The van der Waals surface area contributed by atoms with Crippen molar-refractivity contribution >= 4 is 17.7 Å². The van der Waals surface area contributed by atoms with Gasteiger partial charge in [0.15, 0.2) is 6.79 Å². The zero-order valence-electron chi connectivity index (χ0n) is 14.7. The third-order valence-corrected chi connectivity index (χ3v) is 3.94. The van der Waals surface area contributed by atoms with Gasteiger partial charge in [-0.3, -0.25) is 0 Å². The van der Waals surface area contributed by atoms with Crippen LogP contribution in [0.4, 0.5) is 10.1 Å². The highest BCUT2D eigenvalue weighted by Gasteiger charge is 2.17. The van der Waals surface area contributed by atoms with Crippen LogP contribution in [0, 0.1) is 5.82 Å². The largest absolute Gasteiger partial charge is 0.467 e. The van der Waals surface area contributed by atoms with Crippen LogP contribution in [0.1, 0.15) is 16.7 Å². The van der Waals surface area contributed by atoms with Crippen molar-refractivity contribution in [3.8, 4) is 5.75 Å². The van der Waals surface area contributed by atoms with Crippen molar-refractivity contribution in [2.45, 2.75) is 13.2 Å². The summed E-state index contributed by atoms with van der Waals surface area (Å²) in [6.45, 7) is 0.308. The van der Waals surface area contributed by atoms with Crippen LogP contribution in [0.2, 0.25) is 0 Å². The van der Waals surface area contributed by atoms with Crippen LogP contribution >= 0.6 is 0 Å². The van der Waals surface area contributed by atoms with Crippen molar-refractivity contribution < 1.29 is 23.4 Å². The Hall–Kier alpha value is -2.86. The number of carbonyl (C=O) groups excluding carboxylic acids is 1. The molecule has 0 unspecified atom stereocenters. The van der Waals surface area contributed by atoms with Gasteiger partial charge in [-0.1, -0.05) is 12.1 Å². The predicted molar refractivity (Wildman–Crippen MR) is 96.3 cm³/mol. The predicted octanol–water partition coefficient (Wildman–Crippen LogP) is 3.51. The van der Waals surface area contributed by atoms with Gasteiger partial charge in [0, 0.05) is 37.0 Å². The summed E-state index contributed by atoms with van der Waals surface area (Å²) in [4.78, 5) is 13.9. The number of esters is 1. The number of nitrogens with zero attached hydrogens (tertiary/aromatic N) is 1. The maximum absolute atomic E-state index is 13.7. The van der Waals surface area contributed by atoms with Gasteiger partial charge in [0.25, 0.3) is 0 Å². The van der Waals surface area contributed by atoms with Crippen LogP contribution in [-0.4, -0.2) is 26.9 Å². The summed E-state index contributed by atoms with van der Waals surface area (Å²) in [6, 6.07) is 10.4. The summed E-state index contributed by atoms with van der Waals surface area (Å²) < 4.78 is 29.4. The first kappa shape index (κ1) is 17.9. The zero-order chi connectivity index (χ0) is 18.5. The molecule has 1 heterocycles. The maximum atomic E-state index is 13.7. The van der Waals surface area contributed by atoms with Crippen LogP contribution in [0.5, 0.6) is 5.75 Å². The van der Waals surface area contributed by atoms with Crippen molar-refractivity contribution in [3.05, 3.63) is 65.0 Å². The van der Waals surface area contributed by atoms with Gasteiger partial charge < -0.3 is 19.1 Å². The second-order valence-electron chi connectivity index (χ2n) is 6.09. The number of hydrogen-bond donors (Lipinski definition) is 0. The maximum Gasteiger partial charge on any atom is 0.331 e. The van der Waals surface area contributed by atoms with E-state index in [0.717, 1.165) is 11.3 Å². The highest BCUT2D eigenvalue weighted by molar-refractivity contribution is 5.87. The summed E-state index contributed by atoms with van der Waals surface area (Å²) in [5.41, 5.74) is 3.06. The number of hydrogen-bond acceptors (Lipinski definition) is 5. The molecule has 0 amide bonds. The van der Waals surface area contributed by atoms with E-state index in [2.05, 4.69) is 0 Å². The second kappa shape index (κ2) is 8.01. The van der Waals surface area contributed by atoms with Crippen LogP contribution in [-0.2, 0) is 27.5 Å². The molecular weight excluding hydrogens is 337 g/mol. The Balaban J connectivity index is 1.61. The van der Waals surface area contributed by atoms with Crippen LogP contribution < -0.4 is 9.64 Å². The van der Waals surface area contributed by atoms with Crippen LogP contribution in [0.15, 0.2) is 42.5 Å². The Morgan fingerprint density at radius 3 is 2.77 bits per heavy atom. The molecule has 136 valence electrons. The Bertz CT molecular complexity index is 815. The molecule has 6 heteroatoms. The SMILES string of the molecule is CN(C)c1ccc(C=CC(=O)OCc2cc(F)cc3c2OCOC3)cc1. The molecule has 3 rings (SSSR count). The Labute approximate surface area is 151 Å². The normalized spacial score (nSPS) is 13.2. The minimum Gasteiger partial charge on any atom is -0.467 e. The quantitative estimate of drug-likeness (QED) is 0.605. The Kier molecular flexibility index (Phi) is 5.53. The van der Waals surface area contributed by atoms with Crippen molar-refractivity contribution in [2.75, 3.05) is 25.8 Å². The monoisotopic (exact) mass is 357 g/mol. The molecule has 1 aliphatic heterocycles. The van der Waals surface area contributed by atoms with Crippen molar-refractivity contribution in [1.82, 2.24) is 0 Å². The smallest absolute Gasteiger partial charge is 0.331 e. The molecule has 0 bridgehead atoms. The van der Waals surface area contributed by atoms with Gasteiger partial charge >= 0.3 is 5.97 Å². The third kappa shape index (κ3) is 4.40. The van der Waals surface area contributed by atoms with Gasteiger partial charge in [-0.2, -0.15) is 0 Å². The highest BCUT2D eigenvalue weighted by atomic mass is 19.1. The molecule has 0 saturated carbocycles. The van der Waals surface area contributed by atoms with E-state index >= 15 is 0 Å². The molecule has 2 aromatic rings. The van der Waals surface area contributed by atoms with E-state index < -0.39 is 11.8 Å². The molecule has 0 saturated heterocycles. The number of fused-ring (bicyclic) bond motifs is 1. The van der Waals surface area contributed by atoms with E-state index in [4.69, 9.17) is 14.2 Å². The lowest BCUT2D eigenvalue weighted by Crippen LogP contribution is -2.14. The third-order valence-electron chi connectivity index (χ3n) is 3.94. The fraction of sp³-hybridized carbons (Fsp3) is 0.250. The van der Waals surface area contributed by atoms with Gasteiger partial charge in [0.1, 0.15) is 18.2 Å². The summed E-state index contributed by atoms with van der Waals surface area (Å²) >= 11 is 0. The molecule has 0 radical (unpaired) electrons. The van der Waals surface area contributed by atoms with Gasteiger partial charge in [-0.05, 0) is 35.9 Å². The standard InChI is InChI=1S/C20H20FNO4/c1-22(2)18-6-3-14(4-7-18)5-8-19(23)25-12-16-10-17(21)9-15-11-24-13-26-20(15)16/h3-10H,11-13H2,1-2H3. The van der Waals surface area contributed by atoms with E-state index in [-0.39, 0.29) is 20.0 Å². The molecule has 0 fully saturated rings. The molecule has 0 aromatic heterocycles. The number of halogens is 1. The minimum atomic E-state index is -0.508. The van der Waals surface area contributed by atoms with Crippen LogP contribution in [0.3, 0.4) is 0 Å². The fourth-order valence-electron chi connectivity index (χ4n) is 2.61. The van der Waals surface area contributed by atoms with Crippen molar-refractivity contribution in [1.29, 1.82) is 0 Å². The number of benzene rings is 2. The highest BCUT2D eigenvalue weighted by Crippen LogP contribution is 2.30. The number of rotatable bonds is 5. The molecule has 0 N–H and O–H groups in total. The van der Waals surface area contributed by atoms with Crippen molar-refractivity contribution in [3.63, 3.8) is 0 Å². The molecular formula is C20H20FNO4. The summed E-state index contributed by atoms with van der Waals surface area (Å²) in [7, 11) is 3.92. The number of carbonyl (C=O) groups is 1. The van der Waals surface area contributed by atoms with Gasteiger partial charge in [-0.25, -0.2) is 9.18 Å². The zero-order valence-corrected chi connectivity index (χ0v) is 14.7. The first-order valence-corrected chi connectivity index (χ1v) is 8.17. The molecule has 5 nitrogen and oxygen atoms in total. The van der Waals surface area contributed by atoms with E-state index in [1.54, 1.807) is 6.08 Å². The fourth-order valence-corrected chi connectivity index (χ4v) is 2.61. The van der Waals surface area contributed by atoms with E-state index in [0.29, 0.717) is 16.9 Å². The number of ether oxygens (including phenoxy) is 3. The van der Waals surface area contributed by atoms with Crippen molar-refractivity contribution in [2.24, 2.45) is 0 Å². The Morgan fingerprint density at radius 2 is 2.04 bits per heavy atom. The topological polar surface area (TPSA) is 48.0 Å². The van der Waals surface area contributed by atoms with E-state index in [1.807, 2.05) is 43.3 Å². The van der Waals surface area contributed by atoms with Gasteiger partial charge in [-0.15, -0.1) is 0 Å². The molecule has 0 atom stereocenters. The first-order chi connectivity index (χ1) is 12.5. The molecule has 26 heavy (non-hydrogen) atoms. The Morgan fingerprint density at radius 1 is 1.27 bits per heavy atom. The van der Waals surface area contributed by atoms with Gasteiger partial charge in [0.2, 0.25) is 0 Å². The molecule has 2 aromatic carbocycles. The molecule has 0 spiro atoms. The molecule has 0 aliphatic carbocycles. The van der Waals surface area contributed by atoms with Gasteiger partial charge in [0.05, 0.1) is 6.61 Å². The van der Waals surface area contributed by atoms with Crippen LogP contribution in [0.25, 0.3) is 6.08 Å². The lowest BCUT2D eigenvalue weighted by molar-refractivity contribution is -0.139. The first-order valence-electron chi connectivity index (χ1n) is 8.17.